The third-order valence-corrected chi connectivity index (χ3v) is 6.73. The highest BCUT2D eigenvalue weighted by Gasteiger charge is 2.63. The Balaban J connectivity index is 1.31. The van der Waals surface area contributed by atoms with Crippen molar-refractivity contribution >= 4 is 11.7 Å². The number of fused-ring (bicyclic) bond motifs is 1. The predicted octanol–water partition coefficient (Wildman–Crippen LogP) is 2.07. The summed E-state index contributed by atoms with van der Waals surface area (Å²) in [6.45, 7) is 4.08. The first-order valence-electron chi connectivity index (χ1n) is 10.1. The Hall–Kier alpha value is -2.98. The molecule has 3 aliphatic heterocycles. The van der Waals surface area contributed by atoms with E-state index < -0.39 is 0 Å². The van der Waals surface area contributed by atoms with Crippen LogP contribution in [-0.4, -0.2) is 47.2 Å². The molecule has 0 aliphatic carbocycles. The van der Waals surface area contributed by atoms with Gasteiger partial charge in [0.1, 0.15) is 5.82 Å². The van der Waals surface area contributed by atoms with Gasteiger partial charge in [-0.1, -0.05) is 0 Å². The van der Waals surface area contributed by atoms with E-state index in [0.717, 1.165) is 37.4 Å². The van der Waals surface area contributed by atoms with Gasteiger partial charge in [-0.25, -0.2) is 4.98 Å². The van der Waals surface area contributed by atoms with E-state index in [1.54, 1.807) is 24.5 Å². The van der Waals surface area contributed by atoms with Crippen LogP contribution in [0.2, 0.25) is 0 Å². The number of hydrogen-bond acceptors (Lipinski definition) is 6. The van der Waals surface area contributed by atoms with E-state index in [1.807, 2.05) is 19.1 Å². The maximum absolute atomic E-state index is 12.6. The second kappa shape index (κ2) is 6.82. The van der Waals surface area contributed by atoms with E-state index in [4.69, 9.17) is 4.74 Å². The Morgan fingerprint density at radius 2 is 2.31 bits per heavy atom. The zero-order valence-electron chi connectivity index (χ0n) is 16.3. The maximum atomic E-state index is 12.6. The number of hydrogen-bond donors (Lipinski definition) is 1. The van der Waals surface area contributed by atoms with Gasteiger partial charge in [0.15, 0.2) is 0 Å². The molecule has 0 saturated carbocycles. The molecule has 0 aromatic carbocycles. The van der Waals surface area contributed by atoms with Gasteiger partial charge in [0, 0.05) is 49.6 Å². The van der Waals surface area contributed by atoms with Crippen LogP contribution in [-0.2, 0) is 4.74 Å². The van der Waals surface area contributed by atoms with Crippen LogP contribution in [0.25, 0.3) is 0 Å². The summed E-state index contributed by atoms with van der Waals surface area (Å²) in [6.07, 6.45) is 5.66. The summed E-state index contributed by atoms with van der Waals surface area (Å²) in [4.78, 5) is 23.5. The van der Waals surface area contributed by atoms with Crippen LogP contribution in [0, 0.1) is 30.1 Å². The number of nitrogens with zero attached hydrogens (tertiary/aromatic N) is 4. The Morgan fingerprint density at radius 1 is 1.41 bits per heavy atom. The first-order chi connectivity index (χ1) is 14.1. The fourth-order valence-corrected chi connectivity index (χ4v) is 5.33. The Kier molecular flexibility index (Phi) is 4.25. The monoisotopic (exact) mass is 389 g/mol. The molecule has 7 nitrogen and oxygen atoms in total. The number of carbonyl (C=O) groups excluding carboxylic acids is 1. The minimum atomic E-state index is -0.158. The molecule has 3 fully saturated rings. The second-order valence-corrected chi connectivity index (χ2v) is 8.27. The summed E-state index contributed by atoms with van der Waals surface area (Å²) in [6, 6.07) is 9.34. The van der Waals surface area contributed by atoms with Crippen LogP contribution in [0.5, 0.6) is 0 Å². The predicted molar refractivity (Wildman–Crippen MR) is 106 cm³/mol. The summed E-state index contributed by atoms with van der Waals surface area (Å²) < 4.78 is 6.47. The van der Waals surface area contributed by atoms with Crippen molar-refractivity contribution in [2.45, 2.75) is 31.5 Å². The molecule has 2 aromatic heterocycles. The van der Waals surface area contributed by atoms with Crippen LogP contribution in [0.4, 0.5) is 5.82 Å². The number of nitriles is 1. The van der Waals surface area contributed by atoms with Crippen molar-refractivity contribution in [3.8, 4) is 6.07 Å². The number of carbonyl (C=O) groups is 1. The third-order valence-electron chi connectivity index (χ3n) is 6.73. The first kappa shape index (κ1) is 18.1. The lowest BCUT2D eigenvalue weighted by molar-refractivity contribution is 0.0141. The maximum Gasteiger partial charge on any atom is 0.253 e. The van der Waals surface area contributed by atoms with Crippen LogP contribution in [0.3, 0.4) is 0 Å². The zero-order valence-corrected chi connectivity index (χ0v) is 16.3. The first-order valence-corrected chi connectivity index (χ1v) is 10.1. The molecule has 3 aliphatic rings. The molecule has 2 bridgehead atoms. The van der Waals surface area contributed by atoms with E-state index in [0.29, 0.717) is 23.6 Å². The number of rotatable bonds is 4. The fourth-order valence-electron chi connectivity index (χ4n) is 5.33. The van der Waals surface area contributed by atoms with Gasteiger partial charge in [-0.15, -0.1) is 0 Å². The molecule has 7 heteroatoms. The summed E-state index contributed by atoms with van der Waals surface area (Å²) in [5.41, 5.74) is 1.82. The molecule has 4 atom stereocenters. The van der Waals surface area contributed by atoms with Crippen molar-refractivity contribution in [1.29, 1.82) is 5.26 Å². The van der Waals surface area contributed by atoms with E-state index in [9.17, 15) is 10.1 Å². The molecular formula is C22H23N5O2. The molecule has 5 rings (SSSR count). The smallest absolute Gasteiger partial charge is 0.253 e. The number of aryl methyl sites for hydroxylation is 1. The molecule has 0 unspecified atom stereocenters. The zero-order chi connectivity index (χ0) is 20.0. The minimum Gasteiger partial charge on any atom is -0.369 e. The van der Waals surface area contributed by atoms with Crippen LogP contribution < -0.4 is 10.2 Å². The Labute approximate surface area is 169 Å². The van der Waals surface area contributed by atoms with Gasteiger partial charge in [-0.05, 0) is 44.0 Å². The van der Waals surface area contributed by atoms with Crippen LogP contribution in [0.15, 0.2) is 36.7 Å². The lowest BCUT2D eigenvalue weighted by Crippen LogP contribution is -2.42. The molecule has 1 N–H and O–H groups in total. The number of ether oxygens (including phenoxy) is 1. The van der Waals surface area contributed by atoms with E-state index in [-0.39, 0.29) is 23.5 Å². The minimum absolute atomic E-state index is 0.0781. The lowest BCUT2D eigenvalue weighted by atomic mass is 9.73. The SMILES string of the molecule is Cc1ncccc1C(=O)NC[C@H]1[C@H]2CN(c3cc(C#N)ccn3)C[C@]23CC[C@H]1O3. The molecular weight excluding hydrogens is 366 g/mol. The van der Waals surface area contributed by atoms with Crippen molar-refractivity contribution in [3.63, 3.8) is 0 Å². The number of amides is 1. The van der Waals surface area contributed by atoms with Crippen molar-refractivity contribution < 1.29 is 9.53 Å². The van der Waals surface area contributed by atoms with Crippen molar-refractivity contribution in [2.75, 3.05) is 24.5 Å². The largest absolute Gasteiger partial charge is 0.369 e. The van der Waals surface area contributed by atoms with E-state index in [2.05, 4.69) is 26.3 Å². The third kappa shape index (κ3) is 2.95. The second-order valence-electron chi connectivity index (χ2n) is 8.27. The van der Waals surface area contributed by atoms with Crippen LogP contribution in [0.1, 0.15) is 34.5 Å². The fraction of sp³-hybridized carbons (Fsp3) is 0.455. The molecule has 29 heavy (non-hydrogen) atoms. The molecule has 1 amide bonds. The number of nitrogens with one attached hydrogen (secondary N) is 1. The van der Waals surface area contributed by atoms with Gasteiger partial charge in [0.2, 0.25) is 0 Å². The topological polar surface area (TPSA) is 91.1 Å². The normalized spacial score (nSPS) is 29.5. The van der Waals surface area contributed by atoms with Crippen molar-refractivity contribution in [1.82, 2.24) is 15.3 Å². The van der Waals surface area contributed by atoms with Gasteiger partial charge in [0.25, 0.3) is 5.91 Å². The molecule has 3 saturated heterocycles. The summed E-state index contributed by atoms with van der Waals surface area (Å²) in [7, 11) is 0. The van der Waals surface area contributed by atoms with E-state index in [1.165, 1.54) is 0 Å². The molecule has 5 heterocycles. The average Bonchev–Trinajstić information content (AvgIpc) is 3.41. The molecule has 148 valence electrons. The highest BCUT2D eigenvalue weighted by atomic mass is 16.5. The van der Waals surface area contributed by atoms with Crippen LogP contribution >= 0.6 is 0 Å². The summed E-state index contributed by atoms with van der Waals surface area (Å²) in [5.74, 6) is 1.39. The average molecular weight is 389 g/mol. The van der Waals surface area contributed by atoms with Crippen molar-refractivity contribution in [2.24, 2.45) is 11.8 Å². The summed E-state index contributed by atoms with van der Waals surface area (Å²) >= 11 is 0. The highest BCUT2D eigenvalue weighted by Crippen LogP contribution is 2.55. The number of aromatic nitrogens is 2. The number of anilines is 1. The van der Waals surface area contributed by atoms with Gasteiger partial charge < -0.3 is 15.0 Å². The highest BCUT2D eigenvalue weighted by molar-refractivity contribution is 5.95. The lowest BCUT2D eigenvalue weighted by Gasteiger charge is -2.29. The van der Waals surface area contributed by atoms with Crippen molar-refractivity contribution in [3.05, 3.63) is 53.5 Å². The van der Waals surface area contributed by atoms with Gasteiger partial charge in [-0.2, -0.15) is 5.26 Å². The van der Waals surface area contributed by atoms with Gasteiger partial charge >= 0.3 is 0 Å². The Bertz CT molecular complexity index is 1000. The standard InChI is InChI=1S/C22H23N5O2/c1-14-16(3-2-7-24-14)21(28)26-11-17-18-12-27(13-22(18)6-4-19(17)29-22)20-9-15(10-23)5-8-25-20/h2-3,5,7-9,17-19H,4,6,11-13H2,1H3,(H,26,28)/t17-,18+,19+,22+/m0/s1. The Morgan fingerprint density at radius 3 is 3.14 bits per heavy atom. The summed E-state index contributed by atoms with van der Waals surface area (Å²) in [5, 5.41) is 12.3. The quantitative estimate of drug-likeness (QED) is 0.861. The molecule has 0 radical (unpaired) electrons. The number of pyridine rings is 2. The van der Waals surface area contributed by atoms with Gasteiger partial charge in [0.05, 0.1) is 28.9 Å². The molecule has 2 aromatic rings. The van der Waals surface area contributed by atoms with Gasteiger partial charge in [-0.3, -0.25) is 9.78 Å². The van der Waals surface area contributed by atoms with E-state index >= 15 is 0 Å². The molecule has 1 spiro atoms.